The number of halogens is 1. The first-order valence-electron chi connectivity index (χ1n) is 6.00. The number of amidine groups is 1. The maximum atomic E-state index is 9.15. The van der Waals surface area contributed by atoms with E-state index in [1.54, 1.807) is 6.07 Å². The van der Waals surface area contributed by atoms with E-state index in [2.05, 4.69) is 15.6 Å². The SMILES string of the molecule is CCO/N=C1/c2cc(Cl)ccc2N/C(=N/O)C1(C)C. The van der Waals surface area contributed by atoms with Gasteiger partial charge in [-0.1, -0.05) is 21.9 Å². The van der Waals surface area contributed by atoms with Crippen LogP contribution in [0.15, 0.2) is 28.5 Å². The lowest BCUT2D eigenvalue weighted by atomic mass is 9.79. The minimum atomic E-state index is -0.596. The molecular weight excluding hydrogens is 266 g/mol. The number of hydrogen-bond acceptors (Lipinski definition) is 4. The van der Waals surface area contributed by atoms with Gasteiger partial charge < -0.3 is 15.4 Å². The van der Waals surface area contributed by atoms with E-state index in [4.69, 9.17) is 21.6 Å². The Labute approximate surface area is 116 Å². The topological polar surface area (TPSA) is 66.2 Å². The molecule has 2 N–H and O–H groups in total. The van der Waals surface area contributed by atoms with Crippen molar-refractivity contribution in [3.05, 3.63) is 28.8 Å². The second-order valence-electron chi connectivity index (χ2n) is 4.75. The smallest absolute Gasteiger partial charge is 0.157 e. The Morgan fingerprint density at radius 3 is 2.79 bits per heavy atom. The number of fused-ring (bicyclic) bond motifs is 1. The number of hydrogen-bond donors (Lipinski definition) is 2. The summed E-state index contributed by atoms with van der Waals surface area (Å²) in [7, 11) is 0. The summed E-state index contributed by atoms with van der Waals surface area (Å²) in [6, 6.07) is 5.40. The van der Waals surface area contributed by atoms with Crippen LogP contribution in [-0.2, 0) is 4.84 Å². The number of oxime groups is 2. The number of rotatable bonds is 2. The minimum Gasteiger partial charge on any atom is -0.409 e. The van der Waals surface area contributed by atoms with Gasteiger partial charge in [0.15, 0.2) is 5.84 Å². The number of anilines is 1. The summed E-state index contributed by atoms with van der Waals surface area (Å²) in [6.07, 6.45) is 0. The lowest BCUT2D eigenvalue weighted by Gasteiger charge is -2.33. The van der Waals surface area contributed by atoms with Crippen molar-refractivity contribution in [3.8, 4) is 0 Å². The third kappa shape index (κ3) is 2.38. The van der Waals surface area contributed by atoms with Crippen LogP contribution in [0.5, 0.6) is 0 Å². The van der Waals surface area contributed by atoms with E-state index >= 15 is 0 Å². The normalized spacial score (nSPS) is 21.1. The first-order chi connectivity index (χ1) is 9.00. The molecular formula is C13H16ClN3O2. The summed E-state index contributed by atoms with van der Waals surface area (Å²) in [5, 5.41) is 20.3. The molecule has 1 aliphatic rings. The van der Waals surface area contributed by atoms with Crippen LogP contribution < -0.4 is 5.32 Å². The molecule has 0 unspecified atom stereocenters. The van der Waals surface area contributed by atoms with Crippen molar-refractivity contribution in [1.82, 2.24) is 0 Å². The first-order valence-corrected chi connectivity index (χ1v) is 6.38. The molecule has 1 heterocycles. The number of nitrogens with zero attached hydrogens (tertiary/aromatic N) is 2. The fourth-order valence-corrected chi connectivity index (χ4v) is 2.17. The third-order valence-electron chi connectivity index (χ3n) is 3.06. The second-order valence-corrected chi connectivity index (χ2v) is 5.18. The van der Waals surface area contributed by atoms with Gasteiger partial charge in [0, 0.05) is 16.3 Å². The number of benzene rings is 1. The van der Waals surface area contributed by atoms with Crippen molar-refractivity contribution >= 4 is 28.8 Å². The van der Waals surface area contributed by atoms with E-state index in [9.17, 15) is 0 Å². The largest absolute Gasteiger partial charge is 0.409 e. The fourth-order valence-electron chi connectivity index (χ4n) is 2.00. The van der Waals surface area contributed by atoms with E-state index in [1.807, 2.05) is 32.9 Å². The van der Waals surface area contributed by atoms with Gasteiger partial charge in [-0.25, -0.2) is 0 Å². The van der Waals surface area contributed by atoms with Gasteiger partial charge >= 0.3 is 0 Å². The van der Waals surface area contributed by atoms with Gasteiger partial charge in [0.05, 0.1) is 5.41 Å². The quantitative estimate of drug-likeness (QED) is 0.645. The van der Waals surface area contributed by atoms with E-state index in [0.29, 0.717) is 23.2 Å². The molecule has 0 amide bonds. The van der Waals surface area contributed by atoms with E-state index < -0.39 is 5.41 Å². The molecule has 102 valence electrons. The number of nitrogens with one attached hydrogen (secondary N) is 1. The van der Waals surface area contributed by atoms with Crippen molar-refractivity contribution in [2.24, 2.45) is 15.7 Å². The van der Waals surface area contributed by atoms with Crippen LogP contribution in [0.25, 0.3) is 0 Å². The summed E-state index contributed by atoms with van der Waals surface area (Å²) in [5.41, 5.74) is 1.72. The Hall–Kier alpha value is -1.75. The van der Waals surface area contributed by atoms with Crippen LogP contribution in [0.3, 0.4) is 0 Å². The Morgan fingerprint density at radius 2 is 2.16 bits per heavy atom. The van der Waals surface area contributed by atoms with Crippen LogP contribution >= 0.6 is 11.6 Å². The van der Waals surface area contributed by atoms with Gasteiger partial charge in [0.1, 0.15) is 12.3 Å². The molecule has 0 aliphatic carbocycles. The van der Waals surface area contributed by atoms with Crippen molar-refractivity contribution < 1.29 is 10.0 Å². The molecule has 0 radical (unpaired) electrons. The molecule has 1 aromatic carbocycles. The molecule has 0 atom stereocenters. The van der Waals surface area contributed by atoms with Crippen molar-refractivity contribution in [1.29, 1.82) is 0 Å². The minimum absolute atomic E-state index is 0.417. The zero-order valence-electron chi connectivity index (χ0n) is 11.1. The average molecular weight is 282 g/mol. The monoisotopic (exact) mass is 281 g/mol. The van der Waals surface area contributed by atoms with Crippen LogP contribution in [0.4, 0.5) is 5.69 Å². The molecule has 0 bridgehead atoms. The van der Waals surface area contributed by atoms with Crippen molar-refractivity contribution in [2.45, 2.75) is 20.8 Å². The molecule has 0 spiro atoms. The highest BCUT2D eigenvalue weighted by Gasteiger charge is 2.39. The average Bonchev–Trinajstić information content (AvgIpc) is 2.37. The van der Waals surface area contributed by atoms with E-state index in [-0.39, 0.29) is 0 Å². The predicted molar refractivity (Wildman–Crippen MR) is 76.2 cm³/mol. The van der Waals surface area contributed by atoms with Gasteiger partial charge in [-0.2, -0.15) is 0 Å². The molecule has 6 heteroatoms. The zero-order chi connectivity index (χ0) is 14.0. The van der Waals surface area contributed by atoms with Crippen LogP contribution in [0.1, 0.15) is 26.3 Å². The van der Waals surface area contributed by atoms with E-state index in [0.717, 1.165) is 11.3 Å². The predicted octanol–water partition coefficient (Wildman–Crippen LogP) is 3.32. The standard InChI is InChI=1S/C13H16ClN3O2/c1-4-19-17-11-9-7-8(14)5-6-10(9)15-12(16-18)13(11,2)3/h5-7,18H,4H2,1-3H3,(H,15,16)/b17-11-. The van der Waals surface area contributed by atoms with Gasteiger partial charge in [-0.15, -0.1) is 0 Å². The van der Waals surface area contributed by atoms with Crippen molar-refractivity contribution in [3.63, 3.8) is 0 Å². The maximum absolute atomic E-state index is 9.15. The Bertz CT molecular complexity index is 553. The van der Waals surface area contributed by atoms with Gasteiger partial charge in [-0.05, 0) is 39.0 Å². The Balaban J connectivity index is 2.62. The maximum Gasteiger partial charge on any atom is 0.157 e. The Kier molecular flexibility index (Phi) is 3.66. The van der Waals surface area contributed by atoms with Gasteiger partial charge in [0.2, 0.25) is 0 Å². The van der Waals surface area contributed by atoms with Crippen LogP contribution in [0, 0.1) is 5.41 Å². The highest BCUT2D eigenvalue weighted by Crippen LogP contribution is 2.36. The van der Waals surface area contributed by atoms with Crippen LogP contribution in [0.2, 0.25) is 5.02 Å². The molecule has 19 heavy (non-hydrogen) atoms. The van der Waals surface area contributed by atoms with Gasteiger partial charge in [0.25, 0.3) is 0 Å². The molecule has 1 aliphatic heterocycles. The second kappa shape index (κ2) is 5.09. The highest BCUT2D eigenvalue weighted by molar-refractivity contribution is 6.33. The summed E-state index contributed by atoms with van der Waals surface area (Å²) in [6.45, 7) is 6.13. The fraction of sp³-hybridized carbons (Fsp3) is 0.385. The molecule has 5 nitrogen and oxygen atoms in total. The van der Waals surface area contributed by atoms with E-state index in [1.165, 1.54) is 0 Å². The summed E-state index contributed by atoms with van der Waals surface area (Å²) >= 11 is 6.04. The van der Waals surface area contributed by atoms with Gasteiger partial charge in [-0.3, -0.25) is 0 Å². The Morgan fingerprint density at radius 1 is 1.42 bits per heavy atom. The molecule has 0 saturated heterocycles. The molecule has 2 rings (SSSR count). The van der Waals surface area contributed by atoms with Crippen molar-refractivity contribution in [2.75, 3.05) is 11.9 Å². The summed E-state index contributed by atoms with van der Waals surface area (Å²) in [5.74, 6) is 0.417. The summed E-state index contributed by atoms with van der Waals surface area (Å²) in [4.78, 5) is 5.18. The summed E-state index contributed by atoms with van der Waals surface area (Å²) < 4.78 is 0. The molecule has 0 fully saturated rings. The van der Waals surface area contributed by atoms with Crippen LogP contribution in [-0.4, -0.2) is 23.4 Å². The lowest BCUT2D eigenvalue weighted by Crippen LogP contribution is -2.43. The molecule has 1 aromatic rings. The highest BCUT2D eigenvalue weighted by atomic mass is 35.5. The molecule has 0 aromatic heterocycles. The molecule has 0 saturated carbocycles. The third-order valence-corrected chi connectivity index (χ3v) is 3.29. The zero-order valence-corrected chi connectivity index (χ0v) is 11.8. The lowest BCUT2D eigenvalue weighted by molar-refractivity contribution is 0.156. The first kappa shape index (κ1) is 13.7.